The van der Waals surface area contributed by atoms with Gasteiger partial charge in [-0.15, -0.1) is 0 Å². The summed E-state index contributed by atoms with van der Waals surface area (Å²) in [6, 6.07) is 17.1. The second-order valence-corrected chi connectivity index (χ2v) is 7.43. The monoisotopic (exact) mass is 393 g/mol. The van der Waals surface area contributed by atoms with Crippen molar-refractivity contribution in [1.82, 2.24) is 10.2 Å². The number of amides is 2. The highest BCUT2D eigenvalue weighted by Crippen LogP contribution is 2.42. The van der Waals surface area contributed by atoms with Crippen LogP contribution in [0.1, 0.15) is 24.9 Å². The fraction of sp³-hybridized carbons (Fsp3) is 0.391. The molecular formula is C23H27N3O3. The van der Waals surface area contributed by atoms with E-state index in [1.165, 1.54) is 0 Å². The van der Waals surface area contributed by atoms with Crippen LogP contribution in [0.5, 0.6) is 5.75 Å². The Kier molecular flexibility index (Phi) is 5.81. The Morgan fingerprint density at radius 3 is 2.41 bits per heavy atom. The number of anilines is 1. The predicted molar refractivity (Wildman–Crippen MR) is 112 cm³/mol. The van der Waals surface area contributed by atoms with Crippen molar-refractivity contribution >= 4 is 17.5 Å². The quantitative estimate of drug-likeness (QED) is 0.848. The molecule has 2 fully saturated rings. The molecule has 2 saturated heterocycles. The highest BCUT2D eigenvalue weighted by molar-refractivity contribution is 6.01. The van der Waals surface area contributed by atoms with Crippen LogP contribution >= 0.6 is 0 Å². The molecule has 0 aromatic heterocycles. The van der Waals surface area contributed by atoms with Gasteiger partial charge in [0.2, 0.25) is 11.8 Å². The maximum atomic E-state index is 13.3. The van der Waals surface area contributed by atoms with Crippen LogP contribution in [0.3, 0.4) is 0 Å². The normalized spacial score (nSPS) is 22.0. The van der Waals surface area contributed by atoms with Crippen molar-refractivity contribution < 1.29 is 14.3 Å². The molecule has 2 unspecified atom stereocenters. The van der Waals surface area contributed by atoms with Crippen molar-refractivity contribution in [2.75, 3.05) is 37.7 Å². The van der Waals surface area contributed by atoms with Crippen LogP contribution in [-0.2, 0) is 9.59 Å². The second-order valence-electron chi connectivity index (χ2n) is 7.43. The van der Waals surface area contributed by atoms with Gasteiger partial charge in [0.1, 0.15) is 5.75 Å². The standard InChI is InChI=1S/C23H27N3O3/c1-2-29-19-10-8-18(9-11-19)26-21(27)16-20(22(26)17-6-4-3-5-7-17)23(28)25-14-12-24-13-15-25/h3-11,20,22,24H,2,12-16H2,1H3. The summed E-state index contributed by atoms with van der Waals surface area (Å²) in [5.41, 5.74) is 1.78. The van der Waals surface area contributed by atoms with E-state index in [0.717, 1.165) is 30.1 Å². The number of benzene rings is 2. The summed E-state index contributed by atoms with van der Waals surface area (Å²) in [5.74, 6) is 0.445. The minimum absolute atomic E-state index is 0.0171. The smallest absolute Gasteiger partial charge is 0.228 e. The summed E-state index contributed by atoms with van der Waals surface area (Å²) in [6.45, 7) is 5.50. The van der Waals surface area contributed by atoms with Crippen LogP contribution in [0.25, 0.3) is 0 Å². The lowest BCUT2D eigenvalue weighted by molar-refractivity contribution is -0.137. The molecule has 2 aromatic rings. The Hall–Kier alpha value is -2.86. The zero-order valence-corrected chi connectivity index (χ0v) is 16.7. The number of nitrogens with zero attached hydrogens (tertiary/aromatic N) is 2. The average molecular weight is 393 g/mol. The Morgan fingerprint density at radius 2 is 1.76 bits per heavy atom. The van der Waals surface area contributed by atoms with E-state index in [1.807, 2.05) is 66.4 Å². The topological polar surface area (TPSA) is 61.9 Å². The van der Waals surface area contributed by atoms with Gasteiger partial charge in [0, 0.05) is 38.3 Å². The molecule has 0 spiro atoms. The molecule has 0 saturated carbocycles. The minimum Gasteiger partial charge on any atom is -0.494 e. The lowest BCUT2D eigenvalue weighted by atomic mass is 9.92. The Labute approximate surface area is 171 Å². The largest absolute Gasteiger partial charge is 0.494 e. The molecule has 2 aliphatic heterocycles. The van der Waals surface area contributed by atoms with E-state index in [1.54, 1.807) is 4.90 Å². The van der Waals surface area contributed by atoms with E-state index in [-0.39, 0.29) is 30.2 Å². The molecule has 2 atom stereocenters. The Balaban J connectivity index is 1.68. The number of carbonyl (C=O) groups excluding carboxylic acids is 2. The van der Waals surface area contributed by atoms with E-state index >= 15 is 0 Å². The first-order valence-electron chi connectivity index (χ1n) is 10.3. The van der Waals surface area contributed by atoms with E-state index < -0.39 is 0 Å². The molecule has 6 heteroatoms. The summed E-state index contributed by atoms with van der Waals surface area (Å²) in [4.78, 5) is 30.1. The lowest BCUT2D eigenvalue weighted by Crippen LogP contribution is -2.49. The van der Waals surface area contributed by atoms with Gasteiger partial charge in [-0.2, -0.15) is 0 Å². The average Bonchev–Trinajstić information content (AvgIpc) is 3.12. The molecule has 4 rings (SSSR count). The fourth-order valence-corrected chi connectivity index (χ4v) is 4.28. The first kappa shape index (κ1) is 19.5. The number of ether oxygens (including phenoxy) is 1. The Bertz CT molecular complexity index is 847. The van der Waals surface area contributed by atoms with Crippen LogP contribution in [0.2, 0.25) is 0 Å². The van der Waals surface area contributed by atoms with Gasteiger partial charge < -0.3 is 19.9 Å². The predicted octanol–water partition coefficient (Wildman–Crippen LogP) is 2.61. The molecule has 6 nitrogen and oxygen atoms in total. The molecule has 2 heterocycles. The molecular weight excluding hydrogens is 366 g/mol. The van der Waals surface area contributed by atoms with Gasteiger partial charge in [-0.05, 0) is 36.8 Å². The summed E-state index contributed by atoms with van der Waals surface area (Å²) in [5, 5.41) is 3.28. The van der Waals surface area contributed by atoms with Crippen LogP contribution < -0.4 is 15.0 Å². The van der Waals surface area contributed by atoms with E-state index in [9.17, 15) is 9.59 Å². The summed E-state index contributed by atoms with van der Waals surface area (Å²) >= 11 is 0. The third-order valence-electron chi connectivity index (χ3n) is 5.64. The highest BCUT2D eigenvalue weighted by atomic mass is 16.5. The van der Waals surface area contributed by atoms with Gasteiger partial charge in [0.15, 0.2) is 0 Å². The van der Waals surface area contributed by atoms with Crippen molar-refractivity contribution in [3.05, 3.63) is 60.2 Å². The van der Waals surface area contributed by atoms with Crippen molar-refractivity contribution in [2.45, 2.75) is 19.4 Å². The van der Waals surface area contributed by atoms with Crippen molar-refractivity contribution in [2.24, 2.45) is 5.92 Å². The SMILES string of the molecule is CCOc1ccc(N2C(=O)CC(C(=O)N3CCNCC3)C2c2ccccc2)cc1. The highest BCUT2D eigenvalue weighted by Gasteiger charge is 2.46. The van der Waals surface area contributed by atoms with Gasteiger partial charge in [0.25, 0.3) is 0 Å². The van der Waals surface area contributed by atoms with Gasteiger partial charge in [-0.3, -0.25) is 9.59 Å². The first-order valence-corrected chi connectivity index (χ1v) is 10.3. The number of rotatable bonds is 5. The Morgan fingerprint density at radius 1 is 1.07 bits per heavy atom. The molecule has 29 heavy (non-hydrogen) atoms. The van der Waals surface area contributed by atoms with Crippen LogP contribution in [0.15, 0.2) is 54.6 Å². The number of hydrogen-bond donors (Lipinski definition) is 1. The maximum absolute atomic E-state index is 13.3. The molecule has 2 aromatic carbocycles. The summed E-state index contributed by atoms with van der Waals surface area (Å²) in [7, 11) is 0. The van der Waals surface area contributed by atoms with Crippen molar-refractivity contribution in [1.29, 1.82) is 0 Å². The number of hydrogen-bond acceptors (Lipinski definition) is 4. The van der Waals surface area contributed by atoms with Crippen molar-refractivity contribution in [3.8, 4) is 5.75 Å². The fourth-order valence-electron chi connectivity index (χ4n) is 4.28. The van der Waals surface area contributed by atoms with Crippen molar-refractivity contribution in [3.63, 3.8) is 0 Å². The van der Waals surface area contributed by atoms with Gasteiger partial charge >= 0.3 is 0 Å². The molecule has 2 aliphatic rings. The lowest BCUT2D eigenvalue weighted by Gasteiger charge is -2.33. The second kappa shape index (κ2) is 8.66. The zero-order valence-electron chi connectivity index (χ0n) is 16.7. The summed E-state index contributed by atoms with van der Waals surface area (Å²) < 4.78 is 5.53. The first-order chi connectivity index (χ1) is 14.2. The number of carbonyl (C=O) groups is 2. The van der Waals surface area contributed by atoms with Gasteiger partial charge in [0.05, 0.1) is 18.6 Å². The zero-order chi connectivity index (χ0) is 20.2. The van der Waals surface area contributed by atoms with Gasteiger partial charge in [-0.25, -0.2) is 0 Å². The molecule has 0 bridgehead atoms. The van der Waals surface area contributed by atoms with Crippen LogP contribution in [0.4, 0.5) is 5.69 Å². The van der Waals surface area contributed by atoms with E-state index in [2.05, 4.69) is 5.32 Å². The molecule has 2 amide bonds. The molecule has 152 valence electrons. The third kappa shape index (κ3) is 3.98. The van der Waals surface area contributed by atoms with E-state index in [4.69, 9.17) is 4.74 Å². The number of nitrogens with one attached hydrogen (secondary N) is 1. The third-order valence-corrected chi connectivity index (χ3v) is 5.64. The molecule has 0 radical (unpaired) electrons. The van der Waals surface area contributed by atoms with Crippen LogP contribution in [-0.4, -0.2) is 49.5 Å². The van der Waals surface area contributed by atoms with E-state index in [0.29, 0.717) is 19.7 Å². The number of piperazine rings is 1. The maximum Gasteiger partial charge on any atom is 0.228 e. The van der Waals surface area contributed by atoms with Crippen LogP contribution in [0, 0.1) is 5.92 Å². The molecule has 0 aliphatic carbocycles. The summed E-state index contributed by atoms with van der Waals surface area (Å²) in [6.07, 6.45) is 0.232. The minimum atomic E-state index is -0.380. The molecule has 1 N–H and O–H groups in total. The van der Waals surface area contributed by atoms with Gasteiger partial charge in [-0.1, -0.05) is 30.3 Å².